The van der Waals surface area contributed by atoms with Crippen molar-refractivity contribution in [3.05, 3.63) is 29.3 Å². The molecule has 3 heteroatoms. The van der Waals surface area contributed by atoms with Gasteiger partial charge in [-0.2, -0.15) is 0 Å². The van der Waals surface area contributed by atoms with Crippen LogP contribution < -0.4 is 10.6 Å². The minimum absolute atomic E-state index is 0.643. The van der Waals surface area contributed by atoms with E-state index in [-0.39, 0.29) is 0 Å². The second-order valence-electron chi connectivity index (χ2n) is 5.15. The number of rotatable bonds is 5. The molecule has 1 heterocycles. The van der Waals surface area contributed by atoms with Crippen LogP contribution in [-0.2, 0) is 6.42 Å². The molecule has 0 atom stereocenters. The molecule has 2 nitrogen and oxygen atoms in total. The summed E-state index contributed by atoms with van der Waals surface area (Å²) in [5, 5.41) is 0. The summed E-state index contributed by atoms with van der Waals surface area (Å²) >= 11 is 4.91. The molecule has 1 aliphatic heterocycles. The molecule has 0 unspecified atom stereocenters. The van der Waals surface area contributed by atoms with Crippen LogP contribution in [-0.4, -0.2) is 18.1 Å². The molecule has 98 valence electrons. The number of nitrogens with zero attached hydrogens (tertiary/aromatic N) is 1. The molecular formula is C15H22N2S. The Bertz CT molecular complexity index is 429. The van der Waals surface area contributed by atoms with Crippen LogP contribution in [0.5, 0.6) is 0 Å². The van der Waals surface area contributed by atoms with Gasteiger partial charge in [0.15, 0.2) is 0 Å². The molecule has 0 saturated carbocycles. The van der Waals surface area contributed by atoms with E-state index in [0.717, 1.165) is 19.4 Å². The first-order valence-corrected chi connectivity index (χ1v) is 7.20. The van der Waals surface area contributed by atoms with Crippen LogP contribution in [0.2, 0.25) is 0 Å². The highest BCUT2D eigenvalue weighted by Gasteiger charge is 2.15. The lowest BCUT2D eigenvalue weighted by Crippen LogP contribution is -2.30. The molecule has 0 aliphatic carbocycles. The van der Waals surface area contributed by atoms with Gasteiger partial charge in [-0.15, -0.1) is 0 Å². The van der Waals surface area contributed by atoms with E-state index in [0.29, 0.717) is 4.99 Å². The molecule has 1 aliphatic rings. The highest BCUT2D eigenvalue weighted by Crippen LogP contribution is 2.28. The highest BCUT2D eigenvalue weighted by molar-refractivity contribution is 7.80. The van der Waals surface area contributed by atoms with Crippen LogP contribution in [0.3, 0.4) is 0 Å². The maximum Gasteiger partial charge on any atom is 0.0727 e. The summed E-state index contributed by atoms with van der Waals surface area (Å²) in [7, 11) is 0. The van der Waals surface area contributed by atoms with E-state index in [9.17, 15) is 0 Å². The van der Waals surface area contributed by atoms with Crippen LogP contribution in [0.1, 0.15) is 36.8 Å². The first-order chi connectivity index (χ1) is 8.66. The van der Waals surface area contributed by atoms with Gasteiger partial charge in [0.25, 0.3) is 0 Å². The Balaban J connectivity index is 1.93. The standard InChI is InChI=1S/C15H22N2S/c1-12-7-8-14-13(11-12)5-4-10-17(14)9-3-2-6-15(16)18/h7-8,11H,2-6,9-10H2,1H3,(H2,16,18). The first kappa shape index (κ1) is 13.3. The Hall–Kier alpha value is -1.09. The second-order valence-corrected chi connectivity index (χ2v) is 5.67. The SMILES string of the molecule is Cc1ccc2c(c1)CCCN2CCCCC(N)=S. The fourth-order valence-electron chi connectivity index (χ4n) is 2.64. The van der Waals surface area contributed by atoms with Crippen LogP contribution in [0.15, 0.2) is 18.2 Å². The Kier molecular flexibility index (Phi) is 4.59. The third-order valence-corrected chi connectivity index (χ3v) is 3.76. The van der Waals surface area contributed by atoms with E-state index >= 15 is 0 Å². The Morgan fingerprint density at radius 3 is 3.00 bits per heavy atom. The minimum atomic E-state index is 0.643. The minimum Gasteiger partial charge on any atom is -0.393 e. The van der Waals surface area contributed by atoms with Crippen LogP contribution >= 0.6 is 12.2 Å². The van der Waals surface area contributed by atoms with Crippen LogP contribution in [0, 0.1) is 6.92 Å². The van der Waals surface area contributed by atoms with Crippen molar-refractivity contribution in [3.8, 4) is 0 Å². The third kappa shape index (κ3) is 3.45. The van der Waals surface area contributed by atoms with Gasteiger partial charge in [0, 0.05) is 18.8 Å². The van der Waals surface area contributed by atoms with Gasteiger partial charge in [0.2, 0.25) is 0 Å². The molecule has 2 rings (SSSR count). The molecule has 0 spiro atoms. The molecule has 2 N–H and O–H groups in total. The first-order valence-electron chi connectivity index (χ1n) is 6.79. The molecule has 0 aromatic heterocycles. The summed E-state index contributed by atoms with van der Waals surface area (Å²) in [6, 6.07) is 6.82. The van der Waals surface area contributed by atoms with Crippen molar-refractivity contribution in [2.75, 3.05) is 18.0 Å². The zero-order chi connectivity index (χ0) is 13.0. The van der Waals surface area contributed by atoms with Gasteiger partial charge in [0.1, 0.15) is 0 Å². The van der Waals surface area contributed by atoms with Gasteiger partial charge in [0.05, 0.1) is 4.99 Å². The zero-order valence-corrected chi connectivity index (χ0v) is 11.9. The molecule has 0 fully saturated rings. The molecular weight excluding hydrogens is 240 g/mol. The number of hydrogen-bond acceptors (Lipinski definition) is 2. The third-order valence-electron chi connectivity index (χ3n) is 3.55. The molecule has 0 radical (unpaired) electrons. The quantitative estimate of drug-likeness (QED) is 0.652. The van der Waals surface area contributed by atoms with E-state index in [1.54, 1.807) is 0 Å². The van der Waals surface area contributed by atoms with Crippen LogP contribution in [0.4, 0.5) is 5.69 Å². The van der Waals surface area contributed by atoms with E-state index in [1.807, 2.05) is 0 Å². The number of unbranched alkanes of at least 4 members (excludes halogenated alkanes) is 1. The average Bonchev–Trinajstić information content (AvgIpc) is 2.34. The van der Waals surface area contributed by atoms with Crippen molar-refractivity contribution in [3.63, 3.8) is 0 Å². The number of thiocarbonyl (C=S) groups is 1. The zero-order valence-electron chi connectivity index (χ0n) is 11.1. The van der Waals surface area contributed by atoms with E-state index in [1.165, 1.54) is 42.6 Å². The van der Waals surface area contributed by atoms with E-state index in [4.69, 9.17) is 18.0 Å². The van der Waals surface area contributed by atoms with Gasteiger partial charge in [-0.25, -0.2) is 0 Å². The normalized spacial score (nSPS) is 14.4. The number of nitrogens with two attached hydrogens (primary N) is 1. The van der Waals surface area contributed by atoms with E-state index < -0.39 is 0 Å². The summed E-state index contributed by atoms with van der Waals surface area (Å²) in [5.41, 5.74) is 9.83. The van der Waals surface area contributed by atoms with Crippen LogP contribution in [0.25, 0.3) is 0 Å². The highest BCUT2D eigenvalue weighted by atomic mass is 32.1. The number of fused-ring (bicyclic) bond motifs is 1. The van der Waals surface area contributed by atoms with Crippen molar-refractivity contribution in [1.29, 1.82) is 0 Å². The molecule has 1 aromatic rings. The Labute approximate surface area is 115 Å². The van der Waals surface area contributed by atoms with Gasteiger partial charge in [-0.3, -0.25) is 0 Å². The van der Waals surface area contributed by atoms with Crippen molar-refractivity contribution >= 4 is 22.9 Å². The maximum atomic E-state index is 5.52. The average molecular weight is 262 g/mol. The predicted molar refractivity (Wildman–Crippen MR) is 82.3 cm³/mol. The molecule has 1 aromatic carbocycles. The monoisotopic (exact) mass is 262 g/mol. The van der Waals surface area contributed by atoms with Gasteiger partial charge < -0.3 is 10.6 Å². The Morgan fingerprint density at radius 1 is 1.39 bits per heavy atom. The second kappa shape index (κ2) is 6.19. The summed E-state index contributed by atoms with van der Waals surface area (Å²) < 4.78 is 0. The predicted octanol–water partition coefficient (Wildman–Crippen LogP) is 3.20. The fraction of sp³-hybridized carbons (Fsp3) is 0.533. The van der Waals surface area contributed by atoms with Crippen molar-refractivity contribution in [2.24, 2.45) is 5.73 Å². The lowest BCUT2D eigenvalue weighted by molar-refractivity contribution is 0.651. The Morgan fingerprint density at radius 2 is 2.22 bits per heavy atom. The maximum absolute atomic E-state index is 5.52. The lowest BCUT2D eigenvalue weighted by atomic mass is 9.99. The number of anilines is 1. The largest absolute Gasteiger partial charge is 0.393 e. The fourth-order valence-corrected chi connectivity index (χ4v) is 2.78. The summed E-state index contributed by atoms with van der Waals surface area (Å²) in [6.45, 7) is 4.48. The van der Waals surface area contributed by atoms with Crippen molar-refractivity contribution in [1.82, 2.24) is 0 Å². The summed E-state index contributed by atoms with van der Waals surface area (Å²) in [6.07, 6.45) is 5.65. The lowest BCUT2D eigenvalue weighted by Gasteiger charge is -2.31. The number of hydrogen-bond donors (Lipinski definition) is 1. The van der Waals surface area contributed by atoms with Crippen molar-refractivity contribution < 1.29 is 0 Å². The number of benzene rings is 1. The molecule has 0 amide bonds. The van der Waals surface area contributed by atoms with E-state index in [2.05, 4.69) is 30.0 Å². The topological polar surface area (TPSA) is 29.3 Å². The molecule has 18 heavy (non-hydrogen) atoms. The molecule has 0 saturated heterocycles. The summed E-state index contributed by atoms with van der Waals surface area (Å²) in [5.74, 6) is 0. The number of aryl methyl sites for hydroxylation is 2. The van der Waals surface area contributed by atoms with Crippen molar-refractivity contribution in [2.45, 2.75) is 39.0 Å². The smallest absolute Gasteiger partial charge is 0.0727 e. The van der Waals surface area contributed by atoms with Gasteiger partial charge >= 0.3 is 0 Å². The van der Waals surface area contributed by atoms with Gasteiger partial charge in [-0.05, 0) is 50.7 Å². The summed E-state index contributed by atoms with van der Waals surface area (Å²) in [4.78, 5) is 3.15. The molecule has 0 bridgehead atoms. The van der Waals surface area contributed by atoms with Gasteiger partial charge in [-0.1, -0.05) is 29.9 Å².